The Hall–Kier alpha value is -5.61. The second kappa shape index (κ2) is 9.54. The predicted octanol–water partition coefficient (Wildman–Crippen LogP) is 9.12. The zero-order chi connectivity index (χ0) is 27.2. The molecule has 2 heterocycles. The van der Waals surface area contributed by atoms with Gasteiger partial charge in [0.05, 0.1) is 11.0 Å². The van der Waals surface area contributed by atoms with E-state index in [1.165, 1.54) is 27.1 Å². The largest absolute Gasteiger partial charge is 0.309 e. The molecule has 0 aliphatic rings. The standard InChI is InChI=1S/C37H24N4/c1-3-12-26(13-4-1)35-38-36(27-14-5-2-6-15-27)40-37(39-35)29-20-22-32-31-17-9-10-18-33(31)41(34(32)24-29)30-21-19-25-11-7-8-16-28(25)23-30/h1-24H. The van der Waals surface area contributed by atoms with Crippen LogP contribution in [0.3, 0.4) is 0 Å². The highest BCUT2D eigenvalue weighted by Gasteiger charge is 2.16. The van der Waals surface area contributed by atoms with Crippen molar-refractivity contribution in [1.82, 2.24) is 19.5 Å². The fraction of sp³-hybridized carbons (Fsp3) is 0. The van der Waals surface area contributed by atoms with Crippen molar-refractivity contribution in [3.05, 3.63) is 146 Å². The fourth-order valence-corrected chi connectivity index (χ4v) is 5.64. The molecule has 0 amide bonds. The fourth-order valence-electron chi connectivity index (χ4n) is 5.64. The van der Waals surface area contributed by atoms with E-state index in [0.29, 0.717) is 17.5 Å². The first-order chi connectivity index (χ1) is 20.3. The van der Waals surface area contributed by atoms with Crippen molar-refractivity contribution in [2.45, 2.75) is 0 Å². The molecule has 0 fully saturated rings. The molecular formula is C37H24N4. The minimum atomic E-state index is 0.648. The summed E-state index contributed by atoms with van der Waals surface area (Å²) in [6.45, 7) is 0. The minimum absolute atomic E-state index is 0.648. The van der Waals surface area contributed by atoms with Gasteiger partial charge in [-0.3, -0.25) is 0 Å². The quantitative estimate of drug-likeness (QED) is 0.231. The van der Waals surface area contributed by atoms with E-state index >= 15 is 0 Å². The molecule has 4 nitrogen and oxygen atoms in total. The maximum atomic E-state index is 4.97. The summed E-state index contributed by atoms with van der Waals surface area (Å²) in [7, 11) is 0. The van der Waals surface area contributed by atoms with Gasteiger partial charge in [0.2, 0.25) is 0 Å². The summed E-state index contributed by atoms with van der Waals surface area (Å²) < 4.78 is 2.35. The van der Waals surface area contributed by atoms with Gasteiger partial charge in [-0.15, -0.1) is 0 Å². The van der Waals surface area contributed by atoms with Crippen LogP contribution in [-0.2, 0) is 0 Å². The Kier molecular flexibility index (Phi) is 5.42. The summed E-state index contributed by atoms with van der Waals surface area (Å²) in [5.41, 5.74) is 6.26. The van der Waals surface area contributed by atoms with Crippen LogP contribution in [0, 0.1) is 0 Å². The van der Waals surface area contributed by atoms with Crippen LogP contribution in [-0.4, -0.2) is 19.5 Å². The van der Waals surface area contributed by atoms with Gasteiger partial charge in [-0.25, -0.2) is 15.0 Å². The Bertz CT molecular complexity index is 2140. The Morgan fingerprint density at radius 3 is 1.63 bits per heavy atom. The minimum Gasteiger partial charge on any atom is -0.309 e. The van der Waals surface area contributed by atoms with Crippen LogP contribution in [0.15, 0.2) is 146 Å². The summed E-state index contributed by atoms with van der Waals surface area (Å²) >= 11 is 0. The Labute approximate surface area is 237 Å². The average molecular weight is 525 g/mol. The Morgan fingerprint density at radius 1 is 0.366 bits per heavy atom. The van der Waals surface area contributed by atoms with E-state index in [1.807, 2.05) is 60.7 Å². The van der Waals surface area contributed by atoms with Gasteiger partial charge in [-0.05, 0) is 35.0 Å². The van der Waals surface area contributed by atoms with Gasteiger partial charge >= 0.3 is 0 Å². The monoisotopic (exact) mass is 524 g/mol. The number of aromatic nitrogens is 4. The maximum Gasteiger partial charge on any atom is 0.164 e. The normalized spacial score (nSPS) is 11.4. The topological polar surface area (TPSA) is 43.6 Å². The van der Waals surface area contributed by atoms with Crippen LogP contribution in [0.1, 0.15) is 0 Å². The van der Waals surface area contributed by atoms with Gasteiger partial charge in [0.1, 0.15) is 0 Å². The van der Waals surface area contributed by atoms with Crippen LogP contribution in [0.5, 0.6) is 0 Å². The van der Waals surface area contributed by atoms with Gasteiger partial charge in [0.25, 0.3) is 0 Å². The molecule has 0 radical (unpaired) electrons. The maximum absolute atomic E-state index is 4.97. The summed E-state index contributed by atoms with van der Waals surface area (Å²) in [6.07, 6.45) is 0. The van der Waals surface area contributed by atoms with Crippen LogP contribution >= 0.6 is 0 Å². The number of rotatable bonds is 4. The van der Waals surface area contributed by atoms with Gasteiger partial charge < -0.3 is 4.57 Å². The second-order valence-electron chi connectivity index (χ2n) is 10.2. The van der Waals surface area contributed by atoms with Crippen molar-refractivity contribution in [3.8, 4) is 39.9 Å². The van der Waals surface area contributed by atoms with E-state index in [1.54, 1.807) is 0 Å². The van der Waals surface area contributed by atoms with Crippen molar-refractivity contribution >= 4 is 32.6 Å². The molecule has 0 bridgehead atoms. The highest BCUT2D eigenvalue weighted by Crippen LogP contribution is 2.35. The lowest BCUT2D eigenvalue weighted by molar-refractivity contribution is 1.07. The molecule has 0 aliphatic carbocycles. The molecule has 0 atom stereocenters. The lowest BCUT2D eigenvalue weighted by Crippen LogP contribution is -2.00. The first-order valence-corrected chi connectivity index (χ1v) is 13.7. The average Bonchev–Trinajstić information content (AvgIpc) is 3.39. The third-order valence-corrected chi connectivity index (χ3v) is 7.62. The Morgan fingerprint density at radius 2 is 0.927 bits per heavy atom. The first-order valence-electron chi connectivity index (χ1n) is 13.7. The van der Waals surface area contributed by atoms with Gasteiger partial charge in [0, 0.05) is 33.2 Å². The summed E-state index contributed by atoms with van der Waals surface area (Å²) in [6, 6.07) is 50.4. The van der Waals surface area contributed by atoms with Crippen molar-refractivity contribution in [2.75, 3.05) is 0 Å². The lowest BCUT2D eigenvalue weighted by atomic mass is 10.1. The van der Waals surface area contributed by atoms with Gasteiger partial charge in [0.15, 0.2) is 17.5 Å². The zero-order valence-corrected chi connectivity index (χ0v) is 22.1. The van der Waals surface area contributed by atoms with Crippen molar-refractivity contribution < 1.29 is 0 Å². The molecule has 4 heteroatoms. The summed E-state index contributed by atoms with van der Waals surface area (Å²) in [4.78, 5) is 14.8. The third kappa shape index (κ3) is 4.05. The number of fused-ring (bicyclic) bond motifs is 4. The van der Waals surface area contributed by atoms with Crippen LogP contribution in [0.25, 0.3) is 72.4 Å². The molecule has 0 N–H and O–H groups in total. The molecule has 0 aliphatic heterocycles. The highest BCUT2D eigenvalue weighted by molar-refractivity contribution is 6.10. The highest BCUT2D eigenvalue weighted by atomic mass is 15.0. The number of nitrogens with zero attached hydrogens (tertiary/aromatic N) is 4. The van der Waals surface area contributed by atoms with E-state index in [0.717, 1.165) is 27.9 Å². The molecule has 0 saturated carbocycles. The van der Waals surface area contributed by atoms with Crippen molar-refractivity contribution in [3.63, 3.8) is 0 Å². The van der Waals surface area contributed by atoms with E-state index in [9.17, 15) is 0 Å². The second-order valence-corrected chi connectivity index (χ2v) is 10.2. The molecule has 41 heavy (non-hydrogen) atoms. The number of para-hydroxylation sites is 1. The SMILES string of the molecule is c1ccc(-c2nc(-c3ccccc3)nc(-c3ccc4c5ccccc5n(-c5ccc6ccccc6c5)c4c3)n2)cc1. The van der Waals surface area contributed by atoms with E-state index in [-0.39, 0.29) is 0 Å². The van der Waals surface area contributed by atoms with Crippen LogP contribution in [0.2, 0.25) is 0 Å². The van der Waals surface area contributed by atoms with E-state index < -0.39 is 0 Å². The molecular weight excluding hydrogens is 500 g/mol. The first kappa shape index (κ1) is 23.3. The predicted molar refractivity (Wildman–Crippen MR) is 168 cm³/mol. The summed E-state index contributed by atoms with van der Waals surface area (Å²) in [5.74, 6) is 1.96. The zero-order valence-electron chi connectivity index (χ0n) is 22.1. The van der Waals surface area contributed by atoms with Gasteiger partial charge in [-0.1, -0.05) is 121 Å². The number of benzene rings is 6. The smallest absolute Gasteiger partial charge is 0.164 e. The molecule has 8 aromatic rings. The third-order valence-electron chi connectivity index (χ3n) is 7.62. The number of hydrogen-bond donors (Lipinski definition) is 0. The van der Waals surface area contributed by atoms with E-state index in [2.05, 4.69) is 89.5 Å². The molecule has 192 valence electrons. The molecule has 0 spiro atoms. The molecule has 0 unspecified atom stereocenters. The number of hydrogen-bond acceptors (Lipinski definition) is 3. The van der Waals surface area contributed by atoms with E-state index in [4.69, 9.17) is 15.0 Å². The van der Waals surface area contributed by atoms with Crippen LogP contribution < -0.4 is 0 Å². The van der Waals surface area contributed by atoms with Gasteiger partial charge in [-0.2, -0.15) is 0 Å². The molecule has 0 saturated heterocycles. The molecule has 2 aromatic heterocycles. The Balaban J connectivity index is 1.38. The van der Waals surface area contributed by atoms with Crippen molar-refractivity contribution in [1.29, 1.82) is 0 Å². The lowest BCUT2D eigenvalue weighted by Gasteiger charge is -2.11. The summed E-state index contributed by atoms with van der Waals surface area (Å²) in [5, 5.41) is 4.85. The van der Waals surface area contributed by atoms with Crippen molar-refractivity contribution in [2.24, 2.45) is 0 Å². The molecule has 8 rings (SSSR count). The van der Waals surface area contributed by atoms with Crippen LogP contribution in [0.4, 0.5) is 0 Å². The molecule has 6 aromatic carbocycles.